The fraction of sp³-hybridized carbons (Fsp3) is 0.300. The molecule has 0 fully saturated rings. The Bertz CT molecular complexity index is 431. The van der Waals surface area contributed by atoms with Crippen molar-refractivity contribution in [3.05, 3.63) is 28.5 Å². The second-order valence-corrected chi connectivity index (χ2v) is 3.59. The van der Waals surface area contributed by atoms with Gasteiger partial charge in [-0.05, 0) is 12.1 Å². The summed E-state index contributed by atoms with van der Waals surface area (Å²) in [7, 11) is 0. The number of nitrogens with zero attached hydrogens (tertiary/aromatic N) is 2. The van der Waals surface area contributed by atoms with Crippen molar-refractivity contribution in [2.75, 3.05) is 6.54 Å². The molecule has 2 heterocycles. The third-order valence-electron chi connectivity index (χ3n) is 2.04. The summed E-state index contributed by atoms with van der Waals surface area (Å²) in [5.41, 5.74) is 1.52. The van der Waals surface area contributed by atoms with Gasteiger partial charge in [-0.15, -0.1) is 0 Å². The second kappa shape index (κ2) is 3.98. The van der Waals surface area contributed by atoms with E-state index in [2.05, 4.69) is 9.98 Å². The van der Waals surface area contributed by atoms with Crippen molar-refractivity contribution < 1.29 is 9.53 Å². The number of carbonyl (C=O) groups is 1. The number of aliphatic imine (C=N–C) groups is 1. The van der Waals surface area contributed by atoms with Gasteiger partial charge in [0, 0.05) is 18.7 Å². The highest BCUT2D eigenvalue weighted by atomic mass is 35.5. The van der Waals surface area contributed by atoms with Crippen LogP contribution in [-0.2, 0) is 9.53 Å². The Balaban J connectivity index is 2.36. The minimum absolute atomic E-state index is 0.343. The zero-order chi connectivity index (χ0) is 10.8. The van der Waals surface area contributed by atoms with Crippen LogP contribution in [0.4, 0.5) is 0 Å². The van der Waals surface area contributed by atoms with Gasteiger partial charge < -0.3 is 4.74 Å². The topological polar surface area (TPSA) is 51.5 Å². The van der Waals surface area contributed by atoms with Gasteiger partial charge in [-0.25, -0.2) is 4.98 Å². The van der Waals surface area contributed by atoms with Crippen LogP contribution in [0.25, 0.3) is 0 Å². The summed E-state index contributed by atoms with van der Waals surface area (Å²) in [6, 6.07) is 3.49. The van der Waals surface area contributed by atoms with Crippen LogP contribution in [0.1, 0.15) is 24.3 Å². The van der Waals surface area contributed by atoms with E-state index in [1.807, 2.05) is 6.07 Å². The van der Waals surface area contributed by atoms with Gasteiger partial charge in [0.15, 0.2) is 6.10 Å². The maximum atomic E-state index is 10.9. The Labute approximate surface area is 91.9 Å². The molecule has 5 heteroatoms. The van der Waals surface area contributed by atoms with Crippen LogP contribution in [0.5, 0.6) is 0 Å². The monoisotopic (exact) mass is 224 g/mol. The van der Waals surface area contributed by atoms with Crippen molar-refractivity contribution in [2.24, 2.45) is 4.99 Å². The van der Waals surface area contributed by atoms with E-state index in [4.69, 9.17) is 16.3 Å². The average Bonchev–Trinajstić information content (AvgIpc) is 2.18. The molecular formula is C10H9ClN2O2. The molecule has 78 valence electrons. The number of ether oxygens (including phenoxy) is 1. The van der Waals surface area contributed by atoms with Crippen molar-refractivity contribution in [2.45, 2.75) is 13.0 Å². The third kappa shape index (κ3) is 2.15. The van der Waals surface area contributed by atoms with Gasteiger partial charge in [-0.2, -0.15) is 0 Å². The molecule has 0 bridgehead atoms. The third-order valence-corrected chi connectivity index (χ3v) is 2.25. The van der Waals surface area contributed by atoms with Gasteiger partial charge in [-0.3, -0.25) is 9.79 Å². The molecule has 2 rings (SSSR count). The molecule has 15 heavy (non-hydrogen) atoms. The minimum atomic E-state index is -0.416. The molecule has 0 radical (unpaired) electrons. The Morgan fingerprint density at radius 2 is 2.40 bits per heavy atom. The number of halogens is 1. The summed E-state index contributed by atoms with van der Waals surface area (Å²) in [4.78, 5) is 19.1. The van der Waals surface area contributed by atoms with E-state index in [0.29, 0.717) is 17.4 Å². The number of hydrogen-bond acceptors (Lipinski definition) is 4. The van der Waals surface area contributed by atoms with E-state index in [0.717, 1.165) is 5.56 Å². The highest BCUT2D eigenvalue weighted by Gasteiger charge is 2.22. The molecular weight excluding hydrogens is 216 g/mol. The lowest BCUT2D eigenvalue weighted by molar-refractivity contribution is -0.146. The van der Waals surface area contributed by atoms with Crippen molar-refractivity contribution in [3.8, 4) is 0 Å². The number of aromatic nitrogens is 1. The van der Waals surface area contributed by atoms with Gasteiger partial charge in [-0.1, -0.05) is 11.6 Å². The maximum absolute atomic E-state index is 10.9. The lowest BCUT2D eigenvalue weighted by atomic mass is 10.1. The lowest BCUT2D eigenvalue weighted by Gasteiger charge is -2.19. The standard InChI is InChI=1S/C10H9ClN2O2/c1-6(14)15-8-5-12-4-7-2-3-9(11)13-10(7)8/h2-4,8H,5H2,1H3. The van der Waals surface area contributed by atoms with Gasteiger partial charge in [0.2, 0.25) is 0 Å². The quantitative estimate of drug-likeness (QED) is 0.540. The Hall–Kier alpha value is -1.42. The molecule has 0 spiro atoms. The summed E-state index contributed by atoms with van der Waals surface area (Å²) in [5.74, 6) is -0.343. The summed E-state index contributed by atoms with van der Waals surface area (Å²) < 4.78 is 5.10. The van der Waals surface area contributed by atoms with E-state index < -0.39 is 6.10 Å². The number of rotatable bonds is 1. The Kier molecular flexibility index (Phi) is 2.68. The van der Waals surface area contributed by atoms with Crippen LogP contribution >= 0.6 is 11.6 Å². The number of carbonyl (C=O) groups excluding carboxylic acids is 1. The first-order chi connectivity index (χ1) is 7.16. The molecule has 4 nitrogen and oxygen atoms in total. The first kappa shape index (κ1) is 10.1. The molecule has 0 aromatic carbocycles. The highest BCUT2D eigenvalue weighted by Crippen LogP contribution is 2.24. The second-order valence-electron chi connectivity index (χ2n) is 3.20. The molecule has 0 amide bonds. The zero-order valence-electron chi connectivity index (χ0n) is 8.11. The van der Waals surface area contributed by atoms with Crippen LogP contribution in [-0.4, -0.2) is 23.7 Å². The lowest BCUT2D eigenvalue weighted by Crippen LogP contribution is -2.18. The first-order valence-electron chi connectivity index (χ1n) is 4.50. The molecule has 0 saturated carbocycles. The van der Waals surface area contributed by atoms with Crippen LogP contribution in [0.3, 0.4) is 0 Å². The smallest absolute Gasteiger partial charge is 0.303 e. The van der Waals surface area contributed by atoms with Gasteiger partial charge in [0.05, 0.1) is 12.2 Å². The van der Waals surface area contributed by atoms with Crippen LogP contribution in [0, 0.1) is 0 Å². The zero-order valence-corrected chi connectivity index (χ0v) is 8.86. The molecule has 1 atom stereocenters. The Morgan fingerprint density at radius 3 is 3.13 bits per heavy atom. The summed E-state index contributed by atoms with van der Waals surface area (Å²) in [6.07, 6.45) is 1.29. The summed E-state index contributed by atoms with van der Waals surface area (Å²) in [6.45, 7) is 1.77. The van der Waals surface area contributed by atoms with E-state index in [-0.39, 0.29) is 5.97 Å². The predicted octanol–water partition coefficient (Wildman–Crippen LogP) is 1.77. The van der Waals surface area contributed by atoms with Gasteiger partial charge in [0.25, 0.3) is 0 Å². The highest BCUT2D eigenvalue weighted by molar-refractivity contribution is 6.29. The fourth-order valence-corrected chi connectivity index (χ4v) is 1.61. The average molecular weight is 225 g/mol. The number of fused-ring (bicyclic) bond motifs is 1. The normalized spacial score (nSPS) is 18.4. The van der Waals surface area contributed by atoms with Crippen molar-refractivity contribution in [1.29, 1.82) is 0 Å². The molecule has 0 aliphatic carbocycles. The van der Waals surface area contributed by atoms with E-state index in [1.54, 1.807) is 12.3 Å². The molecule has 1 aliphatic rings. The fourth-order valence-electron chi connectivity index (χ4n) is 1.45. The molecule has 1 aromatic rings. The molecule has 1 unspecified atom stereocenters. The largest absolute Gasteiger partial charge is 0.454 e. The molecule has 1 aromatic heterocycles. The summed E-state index contributed by atoms with van der Waals surface area (Å²) in [5, 5.41) is 0.390. The van der Waals surface area contributed by atoms with E-state index >= 15 is 0 Å². The van der Waals surface area contributed by atoms with Crippen LogP contribution < -0.4 is 0 Å². The molecule has 0 N–H and O–H groups in total. The predicted molar refractivity (Wildman–Crippen MR) is 56.2 cm³/mol. The van der Waals surface area contributed by atoms with Crippen molar-refractivity contribution in [1.82, 2.24) is 4.98 Å². The molecule has 0 saturated heterocycles. The number of esters is 1. The van der Waals surface area contributed by atoms with Crippen molar-refractivity contribution in [3.63, 3.8) is 0 Å². The maximum Gasteiger partial charge on any atom is 0.303 e. The van der Waals surface area contributed by atoms with Gasteiger partial charge in [0.1, 0.15) is 5.15 Å². The van der Waals surface area contributed by atoms with Crippen molar-refractivity contribution >= 4 is 23.8 Å². The van der Waals surface area contributed by atoms with E-state index in [9.17, 15) is 4.79 Å². The Morgan fingerprint density at radius 1 is 1.60 bits per heavy atom. The molecule has 1 aliphatic heterocycles. The number of hydrogen-bond donors (Lipinski definition) is 0. The minimum Gasteiger partial charge on any atom is -0.454 e. The number of pyridine rings is 1. The van der Waals surface area contributed by atoms with Crippen LogP contribution in [0.2, 0.25) is 5.15 Å². The SMILES string of the molecule is CC(=O)OC1CN=Cc2ccc(Cl)nc21. The first-order valence-corrected chi connectivity index (χ1v) is 4.88. The van der Waals surface area contributed by atoms with Crippen LogP contribution in [0.15, 0.2) is 17.1 Å². The summed E-state index contributed by atoms with van der Waals surface area (Å²) >= 11 is 5.78. The van der Waals surface area contributed by atoms with Gasteiger partial charge >= 0.3 is 5.97 Å². The van der Waals surface area contributed by atoms with E-state index in [1.165, 1.54) is 6.92 Å².